The first-order valence-corrected chi connectivity index (χ1v) is 4.06. The minimum atomic E-state index is 0.768. The summed E-state index contributed by atoms with van der Waals surface area (Å²) >= 11 is 0. The van der Waals surface area contributed by atoms with Gasteiger partial charge in [-0.15, -0.1) is 0 Å². The van der Waals surface area contributed by atoms with Crippen LogP contribution in [0, 0.1) is 13.8 Å². The lowest BCUT2D eigenvalue weighted by Gasteiger charge is -2.07. The molecule has 2 nitrogen and oxygen atoms in total. The Hall–Kier alpha value is -0.860. The minimum absolute atomic E-state index is 0.768. The van der Waals surface area contributed by atoms with Gasteiger partial charge in [0.05, 0.1) is 7.11 Å². The molecule has 2 heteroatoms. The predicted molar refractivity (Wildman–Crippen MR) is 49.8 cm³/mol. The molecule has 1 rings (SSSR count). The molecule has 0 fully saturated rings. The normalized spacial score (nSPS) is 10.2. The summed E-state index contributed by atoms with van der Waals surface area (Å²) in [6.07, 6.45) is 0. The molecule has 0 unspecified atom stereocenters. The van der Waals surface area contributed by atoms with E-state index in [9.17, 15) is 0 Å². The first-order chi connectivity index (χ1) is 5.75. The Morgan fingerprint density at radius 1 is 1.33 bits per heavy atom. The number of aryl methyl sites for hydroxylation is 1. The van der Waals surface area contributed by atoms with Crippen LogP contribution >= 0.6 is 0 Å². The van der Waals surface area contributed by atoms with Crippen molar-refractivity contribution >= 4 is 0 Å². The summed E-state index contributed by atoms with van der Waals surface area (Å²) in [5.41, 5.74) is 6.78. The van der Waals surface area contributed by atoms with Crippen LogP contribution in [0.1, 0.15) is 16.7 Å². The summed E-state index contributed by atoms with van der Waals surface area (Å²) in [5.74, 6) is 0. The Morgan fingerprint density at radius 2 is 2.08 bits per heavy atom. The number of hydrogen-bond donors (Lipinski definition) is 1. The van der Waals surface area contributed by atoms with Gasteiger partial charge in [0.2, 0.25) is 0 Å². The molecule has 0 radical (unpaired) electrons. The summed E-state index contributed by atoms with van der Waals surface area (Å²) in [6, 6.07) is 6.29. The van der Waals surface area contributed by atoms with Crippen LogP contribution in [0.25, 0.3) is 0 Å². The molecular weight excluding hydrogens is 150 g/mol. The predicted octanol–water partition coefficient (Wildman–Crippen LogP) is 1.95. The van der Waals surface area contributed by atoms with E-state index in [4.69, 9.17) is 4.84 Å². The fourth-order valence-corrected chi connectivity index (χ4v) is 1.15. The maximum Gasteiger partial charge on any atom is 0.0572 e. The molecule has 0 aliphatic heterocycles. The van der Waals surface area contributed by atoms with E-state index < -0.39 is 0 Å². The van der Waals surface area contributed by atoms with Crippen LogP contribution in [0.3, 0.4) is 0 Å². The van der Waals surface area contributed by atoms with E-state index in [1.54, 1.807) is 7.11 Å². The fourth-order valence-electron chi connectivity index (χ4n) is 1.15. The molecule has 0 aromatic heterocycles. The van der Waals surface area contributed by atoms with Crippen molar-refractivity contribution in [1.82, 2.24) is 5.48 Å². The van der Waals surface area contributed by atoms with Crippen LogP contribution in [-0.2, 0) is 11.4 Å². The van der Waals surface area contributed by atoms with Gasteiger partial charge in [0.1, 0.15) is 0 Å². The van der Waals surface area contributed by atoms with Gasteiger partial charge < -0.3 is 4.84 Å². The van der Waals surface area contributed by atoms with Crippen molar-refractivity contribution in [3.63, 3.8) is 0 Å². The van der Waals surface area contributed by atoms with E-state index >= 15 is 0 Å². The molecule has 0 aliphatic rings. The van der Waals surface area contributed by atoms with Crippen LogP contribution < -0.4 is 5.48 Å². The Labute approximate surface area is 73.5 Å². The lowest BCUT2D eigenvalue weighted by Crippen LogP contribution is -2.11. The van der Waals surface area contributed by atoms with Gasteiger partial charge in [-0.1, -0.05) is 18.2 Å². The quantitative estimate of drug-likeness (QED) is 0.691. The number of hydrogen-bond acceptors (Lipinski definition) is 2. The van der Waals surface area contributed by atoms with Crippen LogP contribution in [0.4, 0.5) is 0 Å². The molecule has 0 heterocycles. The topological polar surface area (TPSA) is 21.3 Å². The highest BCUT2D eigenvalue weighted by atomic mass is 16.6. The highest BCUT2D eigenvalue weighted by Gasteiger charge is 1.98. The van der Waals surface area contributed by atoms with Crippen LogP contribution in [0.2, 0.25) is 0 Å². The number of rotatable bonds is 3. The van der Waals surface area contributed by atoms with E-state index in [1.807, 2.05) is 0 Å². The molecule has 0 atom stereocenters. The van der Waals surface area contributed by atoms with Crippen molar-refractivity contribution < 1.29 is 4.84 Å². The standard InChI is InChI=1S/C10H15NO/c1-8-5-4-6-10(9(8)2)7-11-12-3/h4-6,11H,7H2,1-3H3. The Bertz CT molecular complexity index is 258. The number of benzene rings is 1. The zero-order valence-electron chi connectivity index (χ0n) is 7.85. The first kappa shape index (κ1) is 9.23. The van der Waals surface area contributed by atoms with Crippen LogP contribution in [0.15, 0.2) is 18.2 Å². The number of hydroxylamine groups is 1. The molecule has 0 spiro atoms. The molecular formula is C10H15NO. The molecule has 12 heavy (non-hydrogen) atoms. The summed E-state index contributed by atoms with van der Waals surface area (Å²) < 4.78 is 0. The zero-order valence-corrected chi connectivity index (χ0v) is 7.85. The van der Waals surface area contributed by atoms with Gasteiger partial charge in [0, 0.05) is 6.54 Å². The molecule has 1 aromatic carbocycles. The first-order valence-electron chi connectivity index (χ1n) is 4.06. The van der Waals surface area contributed by atoms with Crippen molar-refractivity contribution in [2.75, 3.05) is 7.11 Å². The zero-order chi connectivity index (χ0) is 8.97. The second kappa shape index (κ2) is 4.24. The van der Waals surface area contributed by atoms with Gasteiger partial charge in [0.15, 0.2) is 0 Å². The number of nitrogens with one attached hydrogen (secondary N) is 1. The summed E-state index contributed by atoms with van der Waals surface area (Å²) in [5, 5.41) is 0. The Morgan fingerprint density at radius 3 is 2.75 bits per heavy atom. The van der Waals surface area contributed by atoms with E-state index in [2.05, 4.69) is 37.5 Å². The second-order valence-corrected chi connectivity index (χ2v) is 2.88. The van der Waals surface area contributed by atoms with Crippen LogP contribution in [0.5, 0.6) is 0 Å². The monoisotopic (exact) mass is 165 g/mol. The molecule has 66 valence electrons. The molecule has 0 amide bonds. The minimum Gasteiger partial charge on any atom is -0.305 e. The summed E-state index contributed by atoms with van der Waals surface area (Å²) in [4.78, 5) is 4.79. The van der Waals surface area contributed by atoms with E-state index in [0.717, 1.165) is 6.54 Å². The molecule has 0 aliphatic carbocycles. The van der Waals surface area contributed by atoms with Crippen LogP contribution in [-0.4, -0.2) is 7.11 Å². The smallest absolute Gasteiger partial charge is 0.0572 e. The molecule has 0 bridgehead atoms. The van der Waals surface area contributed by atoms with Gasteiger partial charge in [-0.25, -0.2) is 0 Å². The van der Waals surface area contributed by atoms with Gasteiger partial charge in [-0.05, 0) is 30.5 Å². The Kier molecular flexibility index (Phi) is 3.26. The SMILES string of the molecule is CONCc1cccc(C)c1C. The Balaban J connectivity index is 2.78. The third kappa shape index (κ3) is 2.06. The van der Waals surface area contributed by atoms with E-state index in [1.165, 1.54) is 16.7 Å². The average Bonchev–Trinajstić information content (AvgIpc) is 2.08. The third-order valence-electron chi connectivity index (χ3n) is 2.12. The third-order valence-corrected chi connectivity index (χ3v) is 2.12. The highest BCUT2D eigenvalue weighted by molar-refractivity contribution is 5.32. The van der Waals surface area contributed by atoms with E-state index in [-0.39, 0.29) is 0 Å². The lowest BCUT2D eigenvalue weighted by atomic mass is 10.0. The van der Waals surface area contributed by atoms with Crippen molar-refractivity contribution in [3.8, 4) is 0 Å². The fraction of sp³-hybridized carbons (Fsp3) is 0.400. The van der Waals surface area contributed by atoms with Crippen molar-refractivity contribution in [2.24, 2.45) is 0 Å². The van der Waals surface area contributed by atoms with Gasteiger partial charge >= 0.3 is 0 Å². The van der Waals surface area contributed by atoms with Gasteiger partial charge in [-0.3, -0.25) is 0 Å². The molecule has 1 aromatic rings. The molecule has 0 saturated heterocycles. The summed E-state index contributed by atoms with van der Waals surface area (Å²) in [6.45, 7) is 5.01. The maximum absolute atomic E-state index is 4.79. The average molecular weight is 165 g/mol. The van der Waals surface area contributed by atoms with Crippen molar-refractivity contribution in [1.29, 1.82) is 0 Å². The highest BCUT2D eigenvalue weighted by Crippen LogP contribution is 2.11. The maximum atomic E-state index is 4.79. The summed E-state index contributed by atoms with van der Waals surface area (Å²) in [7, 11) is 1.63. The molecule has 1 N–H and O–H groups in total. The van der Waals surface area contributed by atoms with Gasteiger partial charge in [0.25, 0.3) is 0 Å². The van der Waals surface area contributed by atoms with Crippen molar-refractivity contribution in [3.05, 3.63) is 34.9 Å². The van der Waals surface area contributed by atoms with Crippen molar-refractivity contribution in [2.45, 2.75) is 20.4 Å². The lowest BCUT2D eigenvalue weighted by molar-refractivity contribution is 0.0866. The second-order valence-electron chi connectivity index (χ2n) is 2.88. The molecule has 0 saturated carbocycles. The van der Waals surface area contributed by atoms with Gasteiger partial charge in [-0.2, -0.15) is 5.48 Å². The largest absolute Gasteiger partial charge is 0.305 e. The van der Waals surface area contributed by atoms with E-state index in [0.29, 0.717) is 0 Å².